The van der Waals surface area contributed by atoms with Crippen LogP contribution >= 0.6 is 24.0 Å². The molecule has 0 unspecified atom stereocenters. The van der Waals surface area contributed by atoms with E-state index in [1.54, 1.807) is 0 Å². The Hall–Kier alpha value is -2.04. The number of alkyl carbamates (subject to hydrolysis) is 1. The molecule has 2 amide bonds. The van der Waals surface area contributed by atoms with Crippen molar-refractivity contribution in [2.24, 2.45) is 10.9 Å². The van der Waals surface area contributed by atoms with Crippen LogP contribution in [0.5, 0.6) is 0 Å². The van der Waals surface area contributed by atoms with Gasteiger partial charge in [0.1, 0.15) is 5.60 Å². The second-order valence-corrected chi connectivity index (χ2v) is 8.75. The third-order valence-corrected chi connectivity index (χ3v) is 3.88. The molecule has 0 radical (unpaired) electrons. The number of ether oxygens (including phenoxy) is 1. The van der Waals surface area contributed by atoms with Gasteiger partial charge in [-0.15, -0.1) is 24.0 Å². The van der Waals surface area contributed by atoms with Crippen molar-refractivity contribution in [2.45, 2.75) is 66.5 Å². The fraction of sp³-hybridized carbons (Fsp3) is 0.609. The molecule has 0 heterocycles. The number of anilines is 1. The van der Waals surface area contributed by atoms with Gasteiger partial charge in [0.05, 0.1) is 6.54 Å². The predicted octanol–water partition coefficient (Wildman–Crippen LogP) is 4.26. The summed E-state index contributed by atoms with van der Waals surface area (Å²) in [5.41, 5.74) is 1.29. The van der Waals surface area contributed by atoms with Gasteiger partial charge in [-0.05, 0) is 57.7 Å². The number of nitrogens with one attached hydrogen (secondary N) is 4. The topological polar surface area (TPSA) is 104 Å². The second kappa shape index (κ2) is 15.7. The molecule has 0 saturated heterocycles. The minimum Gasteiger partial charge on any atom is -0.444 e. The lowest BCUT2D eigenvalue weighted by molar-refractivity contribution is -0.116. The fourth-order valence-electron chi connectivity index (χ4n) is 2.64. The maximum absolute atomic E-state index is 12.0. The Bertz CT molecular complexity index is 733. The zero-order valence-corrected chi connectivity index (χ0v) is 22.5. The molecule has 32 heavy (non-hydrogen) atoms. The second-order valence-electron chi connectivity index (χ2n) is 8.75. The van der Waals surface area contributed by atoms with Crippen molar-refractivity contribution >= 4 is 47.6 Å². The number of carbonyl (C=O) groups excluding carboxylic acids is 2. The number of halogens is 1. The summed E-state index contributed by atoms with van der Waals surface area (Å²) in [6.45, 7) is 14.0. The lowest BCUT2D eigenvalue weighted by Crippen LogP contribution is -2.39. The van der Waals surface area contributed by atoms with Crippen molar-refractivity contribution in [3.8, 4) is 0 Å². The number of rotatable bonds is 10. The van der Waals surface area contributed by atoms with Crippen molar-refractivity contribution in [1.82, 2.24) is 16.0 Å². The van der Waals surface area contributed by atoms with Gasteiger partial charge in [0, 0.05) is 31.7 Å². The number of hydrogen-bond acceptors (Lipinski definition) is 4. The molecule has 1 aromatic carbocycles. The average molecular weight is 562 g/mol. The molecule has 8 nitrogen and oxygen atoms in total. The van der Waals surface area contributed by atoms with Gasteiger partial charge in [-0.1, -0.05) is 26.0 Å². The SMILES string of the molecule is CCNC(=NCc1cccc(NC(=O)CC(C)C)c1)NCCCNC(=O)OC(C)(C)C.I. The van der Waals surface area contributed by atoms with E-state index in [0.29, 0.717) is 37.9 Å². The van der Waals surface area contributed by atoms with Crippen LogP contribution in [0.4, 0.5) is 10.5 Å². The van der Waals surface area contributed by atoms with Gasteiger partial charge in [0.15, 0.2) is 5.96 Å². The standard InChI is InChI=1S/C23H39N5O3.HI/c1-7-24-21(25-12-9-13-26-22(30)31-23(4,5)6)27-16-18-10-8-11-19(15-18)28-20(29)14-17(2)3;/h8,10-11,15,17H,7,9,12-14,16H2,1-6H3,(H,26,30)(H,28,29)(H2,24,25,27);1H. The Balaban J connectivity index is 0.00000961. The van der Waals surface area contributed by atoms with E-state index in [9.17, 15) is 9.59 Å². The Kier molecular flexibility index (Phi) is 14.7. The number of guanidine groups is 1. The first-order valence-corrected chi connectivity index (χ1v) is 11.0. The quantitative estimate of drug-likeness (QED) is 0.148. The summed E-state index contributed by atoms with van der Waals surface area (Å²) in [5, 5.41) is 12.1. The van der Waals surface area contributed by atoms with Crippen LogP contribution in [0, 0.1) is 5.92 Å². The van der Waals surface area contributed by atoms with Crippen LogP contribution < -0.4 is 21.3 Å². The first-order chi connectivity index (χ1) is 14.6. The van der Waals surface area contributed by atoms with E-state index in [-0.39, 0.29) is 29.9 Å². The molecule has 0 spiro atoms. The number of benzene rings is 1. The summed E-state index contributed by atoms with van der Waals surface area (Å²) >= 11 is 0. The summed E-state index contributed by atoms with van der Waals surface area (Å²) in [6, 6.07) is 7.72. The average Bonchev–Trinajstić information content (AvgIpc) is 2.64. The van der Waals surface area contributed by atoms with Crippen molar-refractivity contribution in [1.29, 1.82) is 0 Å². The molecule has 4 N–H and O–H groups in total. The molecule has 0 atom stereocenters. The van der Waals surface area contributed by atoms with Crippen LogP contribution in [0.1, 0.15) is 59.9 Å². The molecule has 0 saturated carbocycles. The molecule has 1 aromatic rings. The van der Waals surface area contributed by atoms with Crippen molar-refractivity contribution in [3.63, 3.8) is 0 Å². The molecule has 0 aliphatic carbocycles. The summed E-state index contributed by atoms with van der Waals surface area (Å²) < 4.78 is 5.21. The number of nitrogens with zero attached hydrogens (tertiary/aromatic N) is 1. The minimum atomic E-state index is -0.498. The maximum Gasteiger partial charge on any atom is 0.407 e. The zero-order chi connectivity index (χ0) is 23.3. The summed E-state index contributed by atoms with van der Waals surface area (Å²) in [5.74, 6) is 1.04. The molecule has 182 valence electrons. The summed E-state index contributed by atoms with van der Waals surface area (Å²) in [4.78, 5) is 28.2. The van der Waals surface area contributed by atoms with Gasteiger partial charge < -0.3 is 26.0 Å². The highest BCUT2D eigenvalue weighted by Crippen LogP contribution is 2.13. The highest BCUT2D eigenvalue weighted by Gasteiger charge is 2.15. The largest absolute Gasteiger partial charge is 0.444 e. The smallest absolute Gasteiger partial charge is 0.407 e. The van der Waals surface area contributed by atoms with Gasteiger partial charge in [-0.3, -0.25) is 4.79 Å². The van der Waals surface area contributed by atoms with Crippen molar-refractivity contribution in [3.05, 3.63) is 29.8 Å². The number of amides is 2. The Morgan fingerprint density at radius 3 is 2.41 bits per heavy atom. The summed E-state index contributed by atoms with van der Waals surface area (Å²) in [6.07, 6.45) is 0.828. The van der Waals surface area contributed by atoms with Crippen LogP contribution in [0.3, 0.4) is 0 Å². The van der Waals surface area contributed by atoms with E-state index in [1.807, 2.05) is 65.8 Å². The zero-order valence-electron chi connectivity index (χ0n) is 20.2. The van der Waals surface area contributed by atoms with Crippen LogP contribution in [-0.4, -0.2) is 43.2 Å². The fourth-order valence-corrected chi connectivity index (χ4v) is 2.64. The molecule has 0 bridgehead atoms. The van der Waals surface area contributed by atoms with E-state index in [4.69, 9.17) is 4.74 Å². The van der Waals surface area contributed by atoms with Crippen LogP contribution in [0.15, 0.2) is 29.3 Å². The minimum absolute atomic E-state index is 0. The van der Waals surface area contributed by atoms with Gasteiger partial charge >= 0.3 is 6.09 Å². The monoisotopic (exact) mass is 561 g/mol. The Morgan fingerprint density at radius 2 is 1.78 bits per heavy atom. The van der Waals surface area contributed by atoms with E-state index >= 15 is 0 Å². The van der Waals surface area contributed by atoms with E-state index in [0.717, 1.165) is 24.2 Å². The lowest BCUT2D eigenvalue weighted by Gasteiger charge is -2.19. The molecule has 0 aliphatic rings. The maximum atomic E-state index is 12.0. The number of carbonyl (C=O) groups is 2. The highest BCUT2D eigenvalue weighted by atomic mass is 127. The third-order valence-electron chi connectivity index (χ3n) is 3.88. The molecule has 1 rings (SSSR count). The van der Waals surface area contributed by atoms with E-state index in [1.165, 1.54) is 0 Å². The molecule has 0 aromatic heterocycles. The summed E-state index contributed by atoms with van der Waals surface area (Å²) in [7, 11) is 0. The Labute approximate surface area is 209 Å². The molecule has 0 aliphatic heterocycles. The molecule has 9 heteroatoms. The third kappa shape index (κ3) is 14.9. The van der Waals surface area contributed by atoms with Crippen LogP contribution in [-0.2, 0) is 16.1 Å². The van der Waals surface area contributed by atoms with Crippen LogP contribution in [0.2, 0.25) is 0 Å². The van der Waals surface area contributed by atoms with Gasteiger partial charge in [-0.25, -0.2) is 9.79 Å². The molecular formula is C23H40IN5O3. The highest BCUT2D eigenvalue weighted by molar-refractivity contribution is 14.0. The van der Waals surface area contributed by atoms with E-state index in [2.05, 4.69) is 26.3 Å². The van der Waals surface area contributed by atoms with E-state index < -0.39 is 11.7 Å². The lowest BCUT2D eigenvalue weighted by atomic mass is 10.1. The number of hydrogen-bond donors (Lipinski definition) is 4. The first kappa shape index (κ1) is 30.0. The van der Waals surface area contributed by atoms with Gasteiger partial charge in [-0.2, -0.15) is 0 Å². The molecule has 0 fully saturated rings. The first-order valence-electron chi connectivity index (χ1n) is 11.0. The van der Waals surface area contributed by atoms with Gasteiger partial charge in [0.25, 0.3) is 0 Å². The van der Waals surface area contributed by atoms with Crippen molar-refractivity contribution in [2.75, 3.05) is 25.0 Å². The van der Waals surface area contributed by atoms with Gasteiger partial charge in [0.2, 0.25) is 5.91 Å². The van der Waals surface area contributed by atoms with Crippen LogP contribution in [0.25, 0.3) is 0 Å². The predicted molar refractivity (Wildman–Crippen MR) is 142 cm³/mol. The Morgan fingerprint density at radius 1 is 1.09 bits per heavy atom. The normalized spacial score (nSPS) is 11.4. The van der Waals surface area contributed by atoms with Crippen molar-refractivity contribution < 1.29 is 14.3 Å². The number of aliphatic imine (C=N–C) groups is 1. The molecular weight excluding hydrogens is 521 g/mol.